The number of aryl methyl sites for hydroxylation is 1. The molecule has 0 heterocycles. The van der Waals surface area contributed by atoms with Crippen molar-refractivity contribution < 1.29 is 38.0 Å². The molecule has 0 aliphatic rings. The number of benzene rings is 3. The van der Waals surface area contributed by atoms with Crippen LogP contribution in [0.4, 0.5) is 0 Å². The Hall–Kier alpha value is -3.88. The minimum absolute atomic E-state index is 0.105. The van der Waals surface area contributed by atoms with Crippen LogP contribution in [-0.4, -0.2) is 63.8 Å². The molecule has 0 amide bonds. The summed E-state index contributed by atoms with van der Waals surface area (Å²) in [7, 11) is 0. The molecule has 0 spiro atoms. The van der Waals surface area contributed by atoms with Crippen molar-refractivity contribution in [1.29, 1.82) is 0 Å². The highest BCUT2D eigenvalue weighted by molar-refractivity contribution is 6.11. The van der Waals surface area contributed by atoms with E-state index in [1.807, 2.05) is 30.3 Å². The maximum atomic E-state index is 12.1. The Morgan fingerprint density at radius 3 is 1.62 bits per heavy atom. The minimum atomic E-state index is -0.596. The lowest BCUT2D eigenvalue weighted by Gasteiger charge is -2.23. The fourth-order valence-electron chi connectivity index (χ4n) is 4.37. The molecule has 0 N–H and O–H groups in total. The van der Waals surface area contributed by atoms with Crippen molar-refractivity contribution in [2.75, 3.05) is 39.6 Å². The van der Waals surface area contributed by atoms with E-state index in [4.69, 9.17) is 28.4 Å². The summed E-state index contributed by atoms with van der Waals surface area (Å²) in [5.41, 5.74) is 1.13. The van der Waals surface area contributed by atoms with Gasteiger partial charge in [-0.25, -0.2) is 0 Å². The average molecular weight is 579 g/mol. The number of esters is 2. The molecule has 2 atom stereocenters. The highest BCUT2D eigenvalue weighted by Crippen LogP contribution is 2.43. The highest BCUT2D eigenvalue weighted by Gasteiger charge is 2.22. The minimum Gasteiger partial charge on any atom is -0.488 e. The Bertz CT molecular complexity index is 1350. The van der Waals surface area contributed by atoms with Gasteiger partial charge in [-0.3, -0.25) is 9.59 Å². The lowest BCUT2D eigenvalue weighted by atomic mass is 9.98. The smallest absolute Gasteiger partial charge is 0.305 e. The lowest BCUT2D eigenvalue weighted by Crippen LogP contribution is -2.30. The van der Waals surface area contributed by atoms with Crippen LogP contribution in [0.1, 0.15) is 39.2 Å². The Morgan fingerprint density at radius 2 is 1.17 bits per heavy atom. The van der Waals surface area contributed by atoms with E-state index in [1.54, 1.807) is 26.0 Å². The van der Waals surface area contributed by atoms with Gasteiger partial charge in [-0.2, -0.15) is 0 Å². The van der Waals surface area contributed by atoms with E-state index >= 15 is 0 Å². The van der Waals surface area contributed by atoms with Crippen molar-refractivity contribution in [3.05, 3.63) is 73.3 Å². The topological polar surface area (TPSA) is 89.5 Å². The molecule has 8 heteroatoms. The molecule has 3 rings (SSSR count). The first kappa shape index (κ1) is 32.6. The van der Waals surface area contributed by atoms with Gasteiger partial charge in [0.25, 0.3) is 0 Å². The Kier molecular flexibility index (Phi) is 13.3. The number of hydrogen-bond donors (Lipinski definition) is 0. The van der Waals surface area contributed by atoms with Crippen LogP contribution in [0.25, 0.3) is 21.5 Å². The van der Waals surface area contributed by atoms with Crippen molar-refractivity contribution >= 4 is 33.5 Å². The number of ether oxygens (including phenoxy) is 6. The van der Waals surface area contributed by atoms with Crippen LogP contribution >= 0.6 is 0 Å². The molecule has 0 saturated carbocycles. The van der Waals surface area contributed by atoms with Crippen LogP contribution in [0.2, 0.25) is 0 Å². The fraction of sp³-hybridized carbons (Fsp3) is 0.412. The van der Waals surface area contributed by atoms with Gasteiger partial charge in [0.15, 0.2) is 12.2 Å². The van der Waals surface area contributed by atoms with Crippen LogP contribution in [0.5, 0.6) is 11.5 Å². The van der Waals surface area contributed by atoms with E-state index in [0.29, 0.717) is 24.7 Å². The van der Waals surface area contributed by atoms with Gasteiger partial charge in [0, 0.05) is 34.4 Å². The number of carbonyl (C=O) groups excluding carboxylic acids is 2. The molecule has 0 bridgehead atoms. The van der Waals surface area contributed by atoms with Crippen molar-refractivity contribution in [3.8, 4) is 11.5 Å². The molecule has 8 nitrogen and oxygen atoms in total. The fourth-order valence-corrected chi connectivity index (χ4v) is 4.37. The van der Waals surface area contributed by atoms with Crippen LogP contribution < -0.4 is 9.47 Å². The van der Waals surface area contributed by atoms with E-state index in [0.717, 1.165) is 33.5 Å². The first-order valence-corrected chi connectivity index (χ1v) is 14.4. The van der Waals surface area contributed by atoms with E-state index in [9.17, 15) is 9.59 Å². The molecule has 42 heavy (non-hydrogen) atoms. The second-order valence-corrected chi connectivity index (χ2v) is 9.64. The Morgan fingerprint density at radius 1 is 0.690 bits per heavy atom. The molecule has 226 valence electrons. The van der Waals surface area contributed by atoms with Crippen molar-refractivity contribution in [2.24, 2.45) is 0 Å². The Labute approximate surface area is 248 Å². The zero-order valence-electron chi connectivity index (χ0n) is 24.9. The predicted molar refractivity (Wildman–Crippen MR) is 164 cm³/mol. The number of carbonyl (C=O) groups is 2. The van der Waals surface area contributed by atoms with E-state index in [2.05, 4.69) is 32.2 Å². The summed E-state index contributed by atoms with van der Waals surface area (Å²) >= 11 is 0. The van der Waals surface area contributed by atoms with Gasteiger partial charge in [0.2, 0.25) is 0 Å². The van der Waals surface area contributed by atoms with Crippen molar-refractivity contribution in [2.45, 2.75) is 52.2 Å². The lowest BCUT2D eigenvalue weighted by molar-refractivity contribution is -0.154. The molecular formula is C34H42O8. The monoisotopic (exact) mass is 578 g/mol. The van der Waals surface area contributed by atoms with Crippen molar-refractivity contribution in [3.63, 3.8) is 0 Å². The molecule has 0 saturated heterocycles. The molecule has 0 radical (unpaired) electrons. The van der Waals surface area contributed by atoms with E-state index < -0.39 is 12.2 Å². The van der Waals surface area contributed by atoms with Crippen molar-refractivity contribution in [1.82, 2.24) is 0 Å². The highest BCUT2D eigenvalue weighted by atomic mass is 16.6. The second kappa shape index (κ2) is 17.2. The Balaban J connectivity index is 2.02. The predicted octanol–water partition coefficient (Wildman–Crippen LogP) is 6.36. The molecular weight excluding hydrogens is 536 g/mol. The molecule has 0 aliphatic carbocycles. The van der Waals surface area contributed by atoms with E-state index in [-0.39, 0.29) is 51.2 Å². The SMILES string of the molecule is C=CCOCC(COc1c2ccccc2c(OCC(COCC=C)OC(=O)CC)c2cc(CC)ccc12)OC(=O)CC. The number of rotatable bonds is 19. The molecule has 0 aliphatic heterocycles. The summed E-state index contributed by atoms with van der Waals surface area (Å²) in [5.74, 6) is 0.660. The van der Waals surface area contributed by atoms with Gasteiger partial charge in [-0.15, -0.1) is 13.2 Å². The summed E-state index contributed by atoms with van der Waals surface area (Å²) in [5, 5.41) is 3.38. The van der Waals surface area contributed by atoms with Gasteiger partial charge < -0.3 is 28.4 Å². The largest absolute Gasteiger partial charge is 0.488 e. The van der Waals surface area contributed by atoms with Crippen LogP contribution in [0.15, 0.2) is 67.8 Å². The molecule has 0 fully saturated rings. The average Bonchev–Trinajstić information content (AvgIpc) is 3.01. The van der Waals surface area contributed by atoms with Crippen LogP contribution in [0, 0.1) is 0 Å². The maximum Gasteiger partial charge on any atom is 0.305 e. The quantitative estimate of drug-likeness (QED) is 0.0703. The second-order valence-electron chi connectivity index (χ2n) is 9.64. The van der Waals surface area contributed by atoms with Gasteiger partial charge in [-0.05, 0) is 18.1 Å². The molecule has 0 aromatic heterocycles. The van der Waals surface area contributed by atoms with Crippen LogP contribution in [-0.2, 0) is 35.0 Å². The van der Waals surface area contributed by atoms with Gasteiger partial charge in [0.05, 0.1) is 26.4 Å². The molecule has 2 unspecified atom stereocenters. The summed E-state index contributed by atoms with van der Waals surface area (Å²) in [4.78, 5) is 24.2. The van der Waals surface area contributed by atoms with E-state index in [1.165, 1.54) is 0 Å². The van der Waals surface area contributed by atoms with Gasteiger partial charge in [-0.1, -0.05) is 69.3 Å². The first-order chi connectivity index (χ1) is 20.4. The summed E-state index contributed by atoms with van der Waals surface area (Å²) in [6.07, 6.45) is 3.43. The van der Waals surface area contributed by atoms with Crippen LogP contribution in [0.3, 0.4) is 0 Å². The third-order valence-electron chi connectivity index (χ3n) is 6.48. The third-order valence-corrected chi connectivity index (χ3v) is 6.48. The van der Waals surface area contributed by atoms with Gasteiger partial charge >= 0.3 is 11.9 Å². The first-order valence-electron chi connectivity index (χ1n) is 14.4. The molecule has 3 aromatic carbocycles. The summed E-state index contributed by atoms with van der Waals surface area (Å²) in [6, 6.07) is 14.0. The summed E-state index contributed by atoms with van der Waals surface area (Å²) < 4.78 is 35.2. The van der Waals surface area contributed by atoms with Gasteiger partial charge in [0.1, 0.15) is 24.7 Å². The summed E-state index contributed by atoms with van der Waals surface area (Å²) in [6.45, 7) is 14.2. The third kappa shape index (κ3) is 9.06. The zero-order chi connectivity index (χ0) is 30.3. The number of hydrogen-bond acceptors (Lipinski definition) is 8. The molecule has 3 aromatic rings. The standard InChI is InChI=1S/C34H42O8/c1-6-17-37-20-25(41-31(35)9-4)22-39-33-27-13-11-12-14-28(27)34(30-19-24(8-3)15-16-29(30)33)40-23-26(21-38-18-7-2)42-32(36)10-5/h6-7,11-16,19,25-26H,1-2,8-10,17-18,20-23H2,3-5H3. The normalized spacial score (nSPS) is 12.5. The zero-order valence-corrected chi connectivity index (χ0v) is 24.9. The maximum absolute atomic E-state index is 12.1. The number of fused-ring (bicyclic) bond motifs is 2.